The van der Waals surface area contributed by atoms with Crippen LogP contribution in [0.5, 0.6) is 0 Å². The first-order chi connectivity index (χ1) is 9.12. The molecule has 0 spiro atoms. The van der Waals surface area contributed by atoms with Gasteiger partial charge in [0, 0.05) is 12.6 Å². The van der Waals surface area contributed by atoms with Crippen molar-refractivity contribution in [2.75, 3.05) is 13.1 Å². The molecule has 0 aromatic carbocycles. The molecule has 2 unspecified atom stereocenters. The third-order valence-corrected chi connectivity index (χ3v) is 5.03. The van der Waals surface area contributed by atoms with Crippen LogP contribution < -0.4 is 0 Å². The van der Waals surface area contributed by atoms with Crippen LogP contribution in [0, 0.1) is 5.41 Å². The second kappa shape index (κ2) is 4.99. The maximum absolute atomic E-state index is 11.7. The Morgan fingerprint density at radius 2 is 2.00 bits per heavy atom. The van der Waals surface area contributed by atoms with E-state index in [-0.39, 0.29) is 11.2 Å². The number of likely N-dealkylation sites (tertiary alicyclic amines) is 1. The average molecular weight is 283 g/mol. The van der Waals surface area contributed by atoms with Crippen LogP contribution in [-0.2, 0) is 9.53 Å². The van der Waals surface area contributed by atoms with Gasteiger partial charge in [-0.05, 0) is 53.5 Å². The van der Waals surface area contributed by atoms with E-state index in [1.807, 2.05) is 0 Å². The maximum Gasteiger partial charge on any atom is 0.310 e. The summed E-state index contributed by atoms with van der Waals surface area (Å²) in [6, 6.07) is 0.315. The zero-order chi connectivity index (χ0) is 15.2. The SMILES string of the molecule is CCCC1(C(=O)O)CCN(C2CC(C)(C)OC2(C)C)C1. The van der Waals surface area contributed by atoms with Crippen LogP contribution in [0.4, 0.5) is 0 Å². The van der Waals surface area contributed by atoms with Crippen LogP contribution in [0.25, 0.3) is 0 Å². The maximum atomic E-state index is 11.7. The highest BCUT2D eigenvalue weighted by Crippen LogP contribution is 2.45. The minimum absolute atomic E-state index is 0.118. The van der Waals surface area contributed by atoms with Crippen molar-refractivity contribution in [3.8, 4) is 0 Å². The van der Waals surface area contributed by atoms with Crippen molar-refractivity contribution < 1.29 is 14.6 Å². The third kappa shape index (κ3) is 2.73. The van der Waals surface area contributed by atoms with Gasteiger partial charge < -0.3 is 9.84 Å². The van der Waals surface area contributed by atoms with E-state index in [4.69, 9.17) is 4.74 Å². The van der Waals surface area contributed by atoms with Crippen LogP contribution >= 0.6 is 0 Å². The molecule has 2 fully saturated rings. The largest absolute Gasteiger partial charge is 0.481 e. The summed E-state index contributed by atoms with van der Waals surface area (Å²) in [7, 11) is 0. The number of hydrogen-bond donors (Lipinski definition) is 1. The summed E-state index contributed by atoms with van der Waals surface area (Å²) in [4.78, 5) is 14.1. The number of carboxylic acid groups (broad SMARTS) is 1. The van der Waals surface area contributed by atoms with E-state index in [9.17, 15) is 9.90 Å². The molecule has 0 aliphatic carbocycles. The molecule has 0 aromatic heterocycles. The Balaban J connectivity index is 2.15. The van der Waals surface area contributed by atoms with Gasteiger partial charge in [0.25, 0.3) is 0 Å². The van der Waals surface area contributed by atoms with Crippen LogP contribution in [0.15, 0.2) is 0 Å². The summed E-state index contributed by atoms with van der Waals surface area (Å²) < 4.78 is 6.16. The van der Waals surface area contributed by atoms with Crippen LogP contribution in [0.1, 0.15) is 60.3 Å². The van der Waals surface area contributed by atoms with Gasteiger partial charge >= 0.3 is 5.97 Å². The Hall–Kier alpha value is -0.610. The first kappa shape index (κ1) is 15.8. The number of aliphatic carboxylic acids is 1. The van der Waals surface area contributed by atoms with Crippen LogP contribution in [0.2, 0.25) is 0 Å². The quantitative estimate of drug-likeness (QED) is 0.862. The van der Waals surface area contributed by atoms with E-state index in [0.29, 0.717) is 12.6 Å². The standard InChI is InChI=1S/C16H29NO3/c1-6-7-16(13(18)19)8-9-17(11-16)12-10-14(2,3)20-15(12,4)5/h12H,6-11H2,1-5H3,(H,18,19). The molecule has 0 aromatic rings. The van der Waals surface area contributed by atoms with Crippen molar-refractivity contribution in [2.45, 2.75) is 77.5 Å². The Labute approximate surface area is 122 Å². The normalized spacial score (nSPS) is 36.4. The fourth-order valence-electron chi connectivity index (χ4n) is 4.24. The van der Waals surface area contributed by atoms with E-state index in [1.54, 1.807) is 0 Å². The summed E-state index contributed by atoms with van der Waals surface area (Å²) in [6.07, 6.45) is 3.44. The summed E-state index contributed by atoms with van der Waals surface area (Å²) in [5.74, 6) is -0.627. The van der Waals surface area contributed by atoms with Gasteiger partial charge in [0.15, 0.2) is 0 Å². The number of carbonyl (C=O) groups is 1. The topological polar surface area (TPSA) is 49.8 Å². The Morgan fingerprint density at radius 1 is 1.35 bits per heavy atom. The minimum atomic E-state index is -0.627. The fourth-order valence-corrected chi connectivity index (χ4v) is 4.24. The molecule has 2 atom stereocenters. The molecule has 0 bridgehead atoms. The molecule has 4 nitrogen and oxygen atoms in total. The molecule has 20 heavy (non-hydrogen) atoms. The lowest BCUT2D eigenvalue weighted by atomic mass is 9.82. The monoisotopic (exact) mass is 283 g/mol. The first-order valence-electron chi connectivity index (χ1n) is 7.79. The van der Waals surface area contributed by atoms with E-state index in [0.717, 1.165) is 32.2 Å². The van der Waals surface area contributed by atoms with Crippen molar-refractivity contribution >= 4 is 5.97 Å². The van der Waals surface area contributed by atoms with Gasteiger partial charge in [0.05, 0.1) is 16.6 Å². The molecule has 4 heteroatoms. The van der Waals surface area contributed by atoms with Gasteiger partial charge in [-0.15, -0.1) is 0 Å². The van der Waals surface area contributed by atoms with E-state index < -0.39 is 11.4 Å². The van der Waals surface area contributed by atoms with Crippen molar-refractivity contribution in [3.05, 3.63) is 0 Å². The van der Waals surface area contributed by atoms with Gasteiger partial charge in [-0.1, -0.05) is 13.3 Å². The molecule has 116 valence electrons. The minimum Gasteiger partial charge on any atom is -0.481 e. The molecule has 2 rings (SSSR count). The number of carboxylic acids is 1. The fraction of sp³-hybridized carbons (Fsp3) is 0.938. The number of hydrogen-bond acceptors (Lipinski definition) is 3. The van der Waals surface area contributed by atoms with Gasteiger partial charge in [-0.25, -0.2) is 0 Å². The van der Waals surface area contributed by atoms with Gasteiger partial charge in [0.1, 0.15) is 0 Å². The lowest BCUT2D eigenvalue weighted by molar-refractivity contribution is -0.149. The molecule has 2 heterocycles. The molecule has 0 radical (unpaired) electrons. The van der Waals surface area contributed by atoms with E-state index >= 15 is 0 Å². The zero-order valence-electron chi connectivity index (χ0n) is 13.5. The van der Waals surface area contributed by atoms with Crippen molar-refractivity contribution in [1.29, 1.82) is 0 Å². The Morgan fingerprint density at radius 3 is 2.45 bits per heavy atom. The molecule has 2 saturated heterocycles. The van der Waals surface area contributed by atoms with Gasteiger partial charge in [-0.3, -0.25) is 9.69 Å². The van der Waals surface area contributed by atoms with E-state index in [2.05, 4.69) is 39.5 Å². The van der Waals surface area contributed by atoms with Gasteiger partial charge in [-0.2, -0.15) is 0 Å². The van der Waals surface area contributed by atoms with Crippen molar-refractivity contribution in [2.24, 2.45) is 5.41 Å². The Bertz CT molecular complexity index is 391. The van der Waals surface area contributed by atoms with Crippen molar-refractivity contribution in [3.63, 3.8) is 0 Å². The number of ether oxygens (including phenoxy) is 1. The second-order valence-electron chi connectivity index (χ2n) is 7.74. The highest BCUT2D eigenvalue weighted by molar-refractivity contribution is 5.75. The lowest BCUT2D eigenvalue weighted by Gasteiger charge is -2.34. The molecule has 2 aliphatic rings. The second-order valence-corrected chi connectivity index (χ2v) is 7.74. The first-order valence-corrected chi connectivity index (χ1v) is 7.79. The molecule has 1 N–H and O–H groups in total. The zero-order valence-corrected chi connectivity index (χ0v) is 13.5. The molecule has 2 aliphatic heterocycles. The predicted molar refractivity (Wildman–Crippen MR) is 78.8 cm³/mol. The van der Waals surface area contributed by atoms with Crippen LogP contribution in [0.3, 0.4) is 0 Å². The summed E-state index contributed by atoms with van der Waals surface area (Å²) in [5, 5.41) is 9.63. The molecule has 0 amide bonds. The van der Waals surface area contributed by atoms with E-state index in [1.165, 1.54) is 0 Å². The molecular formula is C16H29NO3. The number of nitrogens with zero attached hydrogens (tertiary/aromatic N) is 1. The number of rotatable bonds is 4. The predicted octanol–water partition coefficient (Wildman–Crippen LogP) is 2.91. The summed E-state index contributed by atoms with van der Waals surface area (Å²) in [6.45, 7) is 12.1. The summed E-state index contributed by atoms with van der Waals surface area (Å²) in [5.41, 5.74) is -0.866. The summed E-state index contributed by atoms with van der Waals surface area (Å²) >= 11 is 0. The Kier molecular flexibility index (Phi) is 3.93. The smallest absolute Gasteiger partial charge is 0.310 e. The molecular weight excluding hydrogens is 254 g/mol. The molecule has 0 saturated carbocycles. The van der Waals surface area contributed by atoms with Crippen LogP contribution in [-0.4, -0.2) is 46.3 Å². The highest BCUT2D eigenvalue weighted by Gasteiger charge is 2.53. The average Bonchev–Trinajstić information content (AvgIpc) is 2.78. The van der Waals surface area contributed by atoms with Crippen molar-refractivity contribution in [1.82, 2.24) is 4.90 Å². The third-order valence-electron chi connectivity index (χ3n) is 5.03. The van der Waals surface area contributed by atoms with Gasteiger partial charge in [0.2, 0.25) is 0 Å². The highest BCUT2D eigenvalue weighted by atomic mass is 16.5. The lowest BCUT2D eigenvalue weighted by Crippen LogP contribution is -2.47.